The van der Waals surface area contributed by atoms with Crippen molar-refractivity contribution in [1.29, 1.82) is 0 Å². The quantitative estimate of drug-likeness (QED) is 0.823. The molecule has 2 rings (SSSR count). The minimum atomic E-state index is -0.782. The van der Waals surface area contributed by atoms with Crippen LogP contribution in [0.15, 0.2) is 24.3 Å². The largest absolute Gasteiger partial charge is 0.481 e. The summed E-state index contributed by atoms with van der Waals surface area (Å²) in [7, 11) is 0. The number of carbonyl (C=O) groups is 1. The van der Waals surface area contributed by atoms with Gasteiger partial charge in [-0.05, 0) is 36.3 Å². The molecule has 1 atom stereocenters. The monoisotopic (exact) mass is 234 g/mol. The summed E-state index contributed by atoms with van der Waals surface area (Å²) >= 11 is 0. The van der Waals surface area contributed by atoms with Crippen molar-refractivity contribution in [1.82, 2.24) is 0 Å². The molecule has 1 aromatic carbocycles. The van der Waals surface area contributed by atoms with E-state index < -0.39 is 5.97 Å². The van der Waals surface area contributed by atoms with E-state index in [-0.39, 0.29) is 12.5 Å². The lowest BCUT2D eigenvalue weighted by atomic mass is 9.78. The molecule has 0 radical (unpaired) electrons. The minimum absolute atomic E-state index is 0.142. The normalized spacial score (nSPS) is 17.5. The van der Waals surface area contributed by atoms with Crippen LogP contribution in [0.3, 0.4) is 0 Å². The standard InChI is InChI=1S/C14H18O3/c15-13(16)8-7-10-3-1-6-12(9-10)14(17)11-4-2-5-11/h1,3,6,9,11,14,17H,2,4-5,7-8H2,(H,15,16). The second-order valence-corrected chi connectivity index (χ2v) is 4.77. The molecule has 0 aromatic heterocycles. The van der Waals surface area contributed by atoms with E-state index in [1.54, 1.807) is 0 Å². The average molecular weight is 234 g/mol. The third-order valence-electron chi connectivity index (χ3n) is 3.52. The Bertz CT molecular complexity index is 396. The highest BCUT2D eigenvalue weighted by atomic mass is 16.4. The number of aliphatic hydroxyl groups is 1. The Balaban J connectivity index is 2.02. The molecule has 1 aliphatic carbocycles. The zero-order valence-electron chi connectivity index (χ0n) is 9.80. The smallest absolute Gasteiger partial charge is 0.303 e. The zero-order chi connectivity index (χ0) is 12.3. The summed E-state index contributed by atoms with van der Waals surface area (Å²) in [4.78, 5) is 10.5. The van der Waals surface area contributed by atoms with Gasteiger partial charge in [0, 0.05) is 6.42 Å². The third kappa shape index (κ3) is 3.07. The summed E-state index contributed by atoms with van der Waals surface area (Å²) in [5.74, 6) is -0.389. The fraction of sp³-hybridized carbons (Fsp3) is 0.500. The van der Waals surface area contributed by atoms with Crippen molar-refractivity contribution in [3.8, 4) is 0 Å². The lowest BCUT2D eigenvalue weighted by Gasteiger charge is -2.30. The summed E-state index contributed by atoms with van der Waals surface area (Å²) in [6, 6.07) is 7.67. The first-order chi connectivity index (χ1) is 8.16. The van der Waals surface area contributed by atoms with E-state index in [1.165, 1.54) is 6.42 Å². The van der Waals surface area contributed by atoms with Gasteiger partial charge in [-0.1, -0.05) is 30.7 Å². The van der Waals surface area contributed by atoms with Gasteiger partial charge in [-0.15, -0.1) is 0 Å². The van der Waals surface area contributed by atoms with Crippen molar-refractivity contribution >= 4 is 5.97 Å². The van der Waals surface area contributed by atoms with E-state index in [9.17, 15) is 9.90 Å². The molecule has 1 saturated carbocycles. The third-order valence-corrected chi connectivity index (χ3v) is 3.52. The Morgan fingerprint density at radius 2 is 2.18 bits per heavy atom. The molecule has 1 aliphatic rings. The van der Waals surface area contributed by atoms with Gasteiger partial charge >= 0.3 is 5.97 Å². The van der Waals surface area contributed by atoms with E-state index in [4.69, 9.17) is 5.11 Å². The highest BCUT2D eigenvalue weighted by Crippen LogP contribution is 2.37. The number of aryl methyl sites for hydroxylation is 1. The van der Waals surface area contributed by atoms with E-state index >= 15 is 0 Å². The SMILES string of the molecule is O=C(O)CCc1cccc(C(O)C2CCC2)c1. The van der Waals surface area contributed by atoms with Crippen LogP contribution in [0.4, 0.5) is 0 Å². The van der Waals surface area contributed by atoms with Gasteiger partial charge in [0.2, 0.25) is 0 Å². The summed E-state index contributed by atoms with van der Waals surface area (Å²) in [6.07, 6.45) is 3.69. The predicted molar refractivity (Wildman–Crippen MR) is 64.7 cm³/mol. The summed E-state index contributed by atoms with van der Waals surface area (Å²) in [5, 5.41) is 18.8. The molecule has 2 N–H and O–H groups in total. The van der Waals surface area contributed by atoms with E-state index in [2.05, 4.69) is 0 Å². The van der Waals surface area contributed by atoms with Gasteiger partial charge in [0.25, 0.3) is 0 Å². The molecule has 17 heavy (non-hydrogen) atoms. The first kappa shape index (κ1) is 12.1. The molecule has 0 aliphatic heterocycles. The van der Waals surface area contributed by atoms with Crippen LogP contribution in [0.5, 0.6) is 0 Å². The van der Waals surface area contributed by atoms with Gasteiger partial charge < -0.3 is 10.2 Å². The van der Waals surface area contributed by atoms with Crippen molar-refractivity contribution in [2.24, 2.45) is 5.92 Å². The lowest BCUT2D eigenvalue weighted by molar-refractivity contribution is -0.136. The first-order valence-corrected chi connectivity index (χ1v) is 6.15. The van der Waals surface area contributed by atoms with Gasteiger partial charge in [0.05, 0.1) is 6.10 Å². The molecule has 3 nitrogen and oxygen atoms in total. The van der Waals surface area contributed by atoms with Crippen LogP contribution in [0, 0.1) is 5.92 Å². The molecular formula is C14H18O3. The Labute approximate surface area is 101 Å². The molecule has 92 valence electrons. The van der Waals surface area contributed by atoms with Crippen LogP contribution in [0.25, 0.3) is 0 Å². The Morgan fingerprint density at radius 3 is 2.76 bits per heavy atom. The second-order valence-electron chi connectivity index (χ2n) is 4.77. The van der Waals surface area contributed by atoms with Crippen LogP contribution >= 0.6 is 0 Å². The Morgan fingerprint density at radius 1 is 1.41 bits per heavy atom. The number of hydrogen-bond donors (Lipinski definition) is 2. The van der Waals surface area contributed by atoms with Crippen LogP contribution in [0.1, 0.15) is 42.9 Å². The summed E-state index contributed by atoms with van der Waals surface area (Å²) < 4.78 is 0. The van der Waals surface area contributed by atoms with Crippen molar-refractivity contribution < 1.29 is 15.0 Å². The number of aliphatic hydroxyl groups excluding tert-OH is 1. The number of rotatable bonds is 5. The van der Waals surface area contributed by atoms with E-state index in [1.807, 2.05) is 24.3 Å². The average Bonchev–Trinajstić information content (AvgIpc) is 2.24. The van der Waals surface area contributed by atoms with Crippen LogP contribution in [-0.2, 0) is 11.2 Å². The molecule has 1 fully saturated rings. The van der Waals surface area contributed by atoms with Crippen molar-refractivity contribution in [3.05, 3.63) is 35.4 Å². The van der Waals surface area contributed by atoms with Gasteiger partial charge in [-0.3, -0.25) is 4.79 Å². The fourth-order valence-electron chi connectivity index (χ4n) is 2.21. The minimum Gasteiger partial charge on any atom is -0.481 e. The number of hydrogen-bond acceptors (Lipinski definition) is 2. The van der Waals surface area contributed by atoms with Gasteiger partial charge in [-0.25, -0.2) is 0 Å². The molecule has 0 heterocycles. The van der Waals surface area contributed by atoms with Crippen LogP contribution < -0.4 is 0 Å². The van der Waals surface area contributed by atoms with Crippen LogP contribution in [-0.4, -0.2) is 16.2 Å². The van der Waals surface area contributed by atoms with E-state index in [0.717, 1.165) is 24.0 Å². The first-order valence-electron chi connectivity index (χ1n) is 6.15. The van der Waals surface area contributed by atoms with Gasteiger partial charge in [0.1, 0.15) is 0 Å². The topological polar surface area (TPSA) is 57.5 Å². The molecule has 0 saturated heterocycles. The number of aliphatic carboxylic acids is 1. The maximum atomic E-state index is 10.5. The lowest BCUT2D eigenvalue weighted by Crippen LogP contribution is -2.20. The number of carboxylic acid groups (broad SMARTS) is 1. The highest BCUT2D eigenvalue weighted by Gasteiger charge is 2.26. The maximum Gasteiger partial charge on any atom is 0.303 e. The molecule has 0 amide bonds. The predicted octanol–water partition coefficient (Wildman–Crippen LogP) is 2.54. The van der Waals surface area contributed by atoms with Gasteiger partial charge in [0.15, 0.2) is 0 Å². The number of carboxylic acids is 1. The van der Waals surface area contributed by atoms with Gasteiger partial charge in [-0.2, -0.15) is 0 Å². The molecular weight excluding hydrogens is 216 g/mol. The second kappa shape index (κ2) is 5.32. The van der Waals surface area contributed by atoms with E-state index in [0.29, 0.717) is 12.3 Å². The number of benzene rings is 1. The molecule has 1 unspecified atom stereocenters. The van der Waals surface area contributed by atoms with Crippen molar-refractivity contribution in [3.63, 3.8) is 0 Å². The van der Waals surface area contributed by atoms with Crippen molar-refractivity contribution in [2.75, 3.05) is 0 Å². The fourth-order valence-corrected chi connectivity index (χ4v) is 2.21. The highest BCUT2D eigenvalue weighted by molar-refractivity contribution is 5.67. The van der Waals surface area contributed by atoms with Crippen molar-refractivity contribution in [2.45, 2.75) is 38.2 Å². The molecule has 3 heteroatoms. The Kier molecular flexibility index (Phi) is 3.79. The van der Waals surface area contributed by atoms with Crippen LogP contribution in [0.2, 0.25) is 0 Å². The maximum absolute atomic E-state index is 10.5. The molecule has 0 spiro atoms. The molecule has 0 bridgehead atoms. The zero-order valence-corrected chi connectivity index (χ0v) is 9.80. The summed E-state index contributed by atoms with van der Waals surface area (Å²) in [5.41, 5.74) is 1.92. The molecule has 1 aromatic rings. The summed E-state index contributed by atoms with van der Waals surface area (Å²) in [6.45, 7) is 0. The Hall–Kier alpha value is -1.35.